The highest BCUT2D eigenvalue weighted by molar-refractivity contribution is 5.70. The van der Waals surface area contributed by atoms with Crippen molar-refractivity contribution in [3.8, 4) is 5.75 Å². The molecule has 3 N–H and O–H groups in total. The van der Waals surface area contributed by atoms with E-state index in [1.165, 1.54) is 4.90 Å². The molecule has 0 aromatic heterocycles. The first-order valence-electron chi connectivity index (χ1n) is 6.42. The van der Waals surface area contributed by atoms with E-state index in [-0.39, 0.29) is 13.0 Å². The molecule has 1 aromatic carbocycles. The van der Waals surface area contributed by atoms with E-state index in [0.29, 0.717) is 16.9 Å². The van der Waals surface area contributed by atoms with Crippen molar-refractivity contribution in [2.45, 2.75) is 19.4 Å². The van der Waals surface area contributed by atoms with E-state index >= 15 is 0 Å². The number of carbonyl (C=O) groups excluding carboxylic acids is 2. The quantitative estimate of drug-likeness (QED) is 0.858. The van der Waals surface area contributed by atoms with Crippen LogP contribution in [-0.4, -0.2) is 42.9 Å². The highest BCUT2D eigenvalue weighted by Gasteiger charge is 2.20. The van der Waals surface area contributed by atoms with Crippen LogP contribution >= 0.6 is 0 Å². The molecule has 0 saturated carbocycles. The summed E-state index contributed by atoms with van der Waals surface area (Å²) in [5, 5.41) is 9.07. The summed E-state index contributed by atoms with van der Waals surface area (Å²) in [4.78, 5) is 23.9. The Labute approximate surface area is 123 Å². The molecule has 0 aliphatic carbocycles. The first-order chi connectivity index (χ1) is 9.86. The van der Waals surface area contributed by atoms with Crippen molar-refractivity contribution < 1.29 is 24.2 Å². The van der Waals surface area contributed by atoms with Gasteiger partial charge in [0.1, 0.15) is 11.9 Å². The Bertz CT molecular complexity index is 516. The van der Waals surface area contributed by atoms with Gasteiger partial charge in [0.2, 0.25) is 0 Å². The lowest BCUT2D eigenvalue weighted by Crippen LogP contribution is -2.26. The summed E-state index contributed by atoms with van der Waals surface area (Å²) in [5.74, 6) is 0.363. The van der Waals surface area contributed by atoms with Gasteiger partial charge in [-0.05, 0) is 24.1 Å². The van der Waals surface area contributed by atoms with E-state index in [0.717, 1.165) is 0 Å². The van der Waals surface area contributed by atoms with Crippen LogP contribution in [0.25, 0.3) is 0 Å². The smallest absolute Gasteiger partial charge is 0.414 e. The molecule has 2 amide bonds. The summed E-state index contributed by atoms with van der Waals surface area (Å²) in [5.41, 5.74) is 6.31. The Morgan fingerprint density at radius 2 is 2.05 bits per heavy atom. The second kappa shape index (κ2) is 7.49. The predicted octanol–water partition coefficient (Wildman–Crippen LogP) is 1.57. The van der Waals surface area contributed by atoms with Gasteiger partial charge in [0.05, 0.1) is 0 Å². The van der Waals surface area contributed by atoms with Crippen molar-refractivity contribution in [1.29, 1.82) is 0 Å². The van der Waals surface area contributed by atoms with Crippen LogP contribution < -0.4 is 10.5 Å². The predicted molar refractivity (Wildman–Crippen MR) is 76.0 cm³/mol. The largest absolute Gasteiger partial charge is 0.441 e. The van der Waals surface area contributed by atoms with Crippen molar-refractivity contribution in [3.63, 3.8) is 0 Å². The molecule has 0 radical (unpaired) electrons. The fourth-order valence-electron chi connectivity index (χ4n) is 1.81. The Balaban J connectivity index is 3.07. The lowest BCUT2D eigenvalue weighted by molar-refractivity contribution is 0.0871. The molecular formula is C14H20N2O5. The van der Waals surface area contributed by atoms with Gasteiger partial charge in [-0.2, -0.15) is 0 Å². The Morgan fingerprint density at radius 1 is 1.38 bits per heavy atom. The van der Waals surface area contributed by atoms with Crippen molar-refractivity contribution in [2.24, 2.45) is 5.73 Å². The number of aliphatic hydroxyl groups excluding tert-OH is 1. The van der Waals surface area contributed by atoms with Gasteiger partial charge in [-0.1, -0.05) is 12.1 Å². The summed E-state index contributed by atoms with van der Waals surface area (Å²) in [6.45, 7) is 1.57. The molecule has 116 valence electrons. The van der Waals surface area contributed by atoms with Gasteiger partial charge in [0, 0.05) is 27.1 Å². The third-order valence-electron chi connectivity index (χ3n) is 2.88. The Kier molecular flexibility index (Phi) is 5.98. The number of primary amides is 1. The van der Waals surface area contributed by atoms with Gasteiger partial charge in [-0.3, -0.25) is 0 Å². The maximum Gasteiger partial charge on any atom is 0.414 e. The maximum absolute atomic E-state index is 11.6. The number of benzene rings is 1. The molecule has 0 spiro atoms. The molecule has 21 heavy (non-hydrogen) atoms. The molecule has 0 fully saturated rings. The average molecular weight is 296 g/mol. The van der Waals surface area contributed by atoms with E-state index in [9.17, 15) is 9.59 Å². The zero-order valence-electron chi connectivity index (χ0n) is 12.3. The topological polar surface area (TPSA) is 102 Å². The zero-order chi connectivity index (χ0) is 16.0. The summed E-state index contributed by atoms with van der Waals surface area (Å²) < 4.78 is 10.2. The summed E-state index contributed by atoms with van der Waals surface area (Å²) in [6, 6.07) is 5.04. The number of carbonyl (C=O) groups is 2. The average Bonchev–Trinajstić information content (AvgIpc) is 2.40. The fraction of sp³-hybridized carbons (Fsp3) is 0.429. The van der Waals surface area contributed by atoms with E-state index < -0.39 is 18.3 Å². The van der Waals surface area contributed by atoms with Crippen molar-refractivity contribution in [2.75, 3.05) is 20.7 Å². The van der Waals surface area contributed by atoms with Crippen LogP contribution in [0.2, 0.25) is 0 Å². The minimum absolute atomic E-state index is 0.168. The first kappa shape index (κ1) is 16.8. The number of aliphatic hydroxyl groups is 1. The second-order valence-electron chi connectivity index (χ2n) is 4.67. The lowest BCUT2D eigenvalue weighted by Gasteiger charge is -2.20. The number of nitrogens with zero attached hydrogens (tertiary/aromatic N) is 1. The molecule has 0 bridgehead atoms. The molecule has 1 aromatic rings. The van der Waals surface area contributed by atoms with Crippen LogP contribution in [0, 0.1) is 6.92 Å². The molecule has 1 unspecified atom stereocenters. The molecule has 7 heteroatoms. The summed E-state index contributed by atoms with van der Waals surface area (Å²) in [7, 11) is 3.15. The van der Waals surface area contributed by atoms with Crippen molar-refractivity contribution in [3.05, 3.63) is 29.3 Å². The highest BCUT2D eigenvalue weighted by atomic mass is 16.6. The highest BCUT2D eigenvalue weighted by Crippen LogP contribution is 2.30. The molecule has 0 saturated heterocycles. The molecule has 1 rings (SSSR count). The Hall–Kier alpha value is -2.28. The zero-order valence-corrected chi connectivity index (χ0v) is 12.3. The monoisotopic (exact) mass is 296 g/mol. The Morgan fingerprint density at radius 3 is 2.57 bits per heavy atom. The van der Waals surface area contributed by atoms with E-state index in [4.69, 9.17) is 20.3 Å². The summed E-state index contributed by atoms with van der Waals surface area (Å²) in [6.07, 6.45) is -1.92. The standard InChI is InChI=1S/C14H20N2O5/c1-9-10(12(7-8-17)20-13(15)18)5-4-6-11(9)21-14(19)16(2)3/h4-6,12,17H,7-8H2,1-3H3,(H2,15,18). The third-order valence-corrected chi connectivity index (χ3v) is 2.88. The van der Waals surface area contributed by atoms with Crippen LogP contribution in [0.1, 0.15) is 23.7 Å². The minimum Gasteiger partial charge on any atom is -0.441 e. The molecular weight excluding hydrogens is 276 g/mol. The molecule has 1 atom stereocenters. The lowest BCUT2D eigenvalue weighted by atomic mass is 10.0. The fourth-order valence-corrected chi connectivity index (χ4v) is 1.81. The van der Waals surface area contributed by atoms with Gasteiger partial charge in [-0.25, -0.2) is 9.59 Å². The number of hydrogen-bond donors (Lipinski definition) is 2. The van der Waals surface area contributed by atoms with Gasteiger partial charge < -0.3 is 25.2 Å². The van der Waals surface area contributed by atoms with Gasteiger partial charge in [-0.15, -0.1) is 0 Å². The van der Waals surface area contributed by atoms with Crippen molar-refractivity contribution in [1.82, 2.24) is 4.90 Å². The van der Waals surface area contributed by atoms with Gasteiger partial charge in [0.15, 0.2) is 0 Å². The minimum atomic E-state index is -0.927. The number of hydrogen-bond acceptors (Lipinski definition) is 5. The number of rotatable bonds is 5. The van der Waals surface area contributed by atoms with Crippen LogP contribution in [0.3, 0.4) is 0 Å². The number of amides is 2. The van der Waals surface area contributed by atoms with Crippen LogP contribution in [0.5, 0.6) is 5.75 Å². The van der Waals surface area contributed by atoms with Gasteiger partial charge >= 0.3 is 12.2 Å². The SMILES string of the molecule is Cc1c(OC(=O)N(C)C)cccc1C(CCO)OC(N)=O. The number of nitrogens with two attached hydrogens (primary N) is 1. The van der Waals surface area contributed by atoms with Crippen LogP contribution in [0.15, 0.2) is 18.2 Å². The van der Waals surface area contributed by atoms with Crippen molar-refractivity contribution >= 4 is 12.2 Å². The maximum atomic E-state index is 11.6. The van der Waals surface area contributed by atoms with E-state index in [1.807, 2.05) is 0 Å². The number of ether oxygens (including phenoxy) is 2. The first-order valence-corrected chi connectivity index (χ1v) is 6.42. The molecule has 0 aliphatic rings. The van der Waals surface area contributed by atoms with Crippen LogP contribution in [0.4, 0.5) is 9.59 Å². The molecule has 0 aliphatic heterocycles. The van der Waals surface area contributed by atoms with Crippen LogP contribution in [-0.2, 0) is 4.74 Å². The normalized spacial score (nSPS) is 11.6. The third kappa shape index (κ3) is 4.64. The summed E-state index contributed by atoms with van der Waals surface area (Å²) >= 11 is 0. The molecule has 7 nitrogen and oxygen atoms in total. The van der Waals surface area contributed by atoms with E-state index in [2.05, 4.69) is 0 Å². The molecule has 0 heterocycles. The van der Waals surface area contributed by atoms with E-state index in [1.54, 1.807) is 39.2 Å². The van der Waals surface area contributed by atoms with Gasteiger partial charge in [0.25, 0.3) is 0 Å². The second-order valence-corrected chi connectivity index (χ2v) is 4.67.